The van der Waals surface area contributed by atoms with Crippen LogP contribution in [0.5, 0.6) is 5.75 Å². The van der Waals surface area contributed by atoms with E-state index in [1.807, 2.05) is 12.1 Å². The summed E-state index contributed by atoms with van der Waals surface area (Å²) in [6.07, 6.45) is 0. The van der Waals surface area contributed by atoms with Gasteiger partial charge in [-0.2, -0.15) is 0 Å². The Labute approximate surface area is 122 Å². The van der Waals surface area contributed by atoms with Crippen molar-refractivity contribution in [3.63, 3.8) is 0 Å². The molecule has 1 aliphatic heterocycles. The highest BCUT2D eigenvalue weighted by Gasteiger charge is 2.17. The Morgan fingerprint density at radius 3 is 2.60 bits per heavy atom. The van der Waals surface area contributed by atoms with Gasteiger partial charge in [0.25, 0.3) is 0 Å². The standard InChI is InChI=1S/C16H14ClFO2/c1-19-15-7-11(4-5-14(15)18)16(17)10-2-3-12-8-20-9-13(12)6-10/h2-7,16H,8-9H2,1H3. The van der Waals surface area contributed by atoms with E-state index in [0.29, 0.717) is 13.2 Å². The van der Waals surface area contributed by atoms with Crippen molar-refractivity contribution in [3.05, 3.63) is 64.5 Å². The molecule has 0 bridgehead atoms. The number of benzene rings is 2. The molecule has 0 radical (unpaired) electrons. The van der Waals surface area contributed by atoms with Crippen molar-refractivity contribution < 1.29 is 13.9 Å². The highest BCUT2D eigenvalue weighted by Crippen LogP contribution is 2.34. The number of methoxy groups -OCH3 is 1. The minimum atomic E-state index is -0.387. The molecule has 3 rings (SSSR count). The zero-order chi connectivity index (χ0) is 14.1. The van der Waals surface area contributed by atoms with Crippen LogP contribution >= 0.6 is 11.6 Å². The Bertz CT molecular complexity index is 631. The van der Waals surface area contributed by atoms with E-state index in [1.54, 1.807) is 12.1 Å². The molecule has 0 fully saturated rings. The smallest absolute Gasteiger partial charge is 0.165 e. The Hall–Kier alpha value is -1.58. The molecule has 0 saturated carbocycles. The molecule has 0 saturated heterocycles. The first-order chi connectivity index (χ1) is 9.69. The van der Waals surface area contributed by atoms with E-state index in [4.69, 9.17) is 21.1 Å². The number of hydrogen-bond donors (Lipinski definition) is 0. The Balaban J connectivity index is 1.94. The van der Waals surface area contributed by atoms with Crippen molar-refractivity contribution in [2.75, 3.05) is 7.11 Å². The highest BCUT2D eigenvalue weighted by atomic mass is 35.5. The average molecular weight is 293 g/mol. The van der Waals surface area contributed by atoms with Crippen molar-refractivity contribution in [1.29, 1.82) is 0 Å². The quantitative estimate of drug-likeness (QED) is 0.790. The molecule has 2 aromatic carbocycles. The summed E-state index contributed by atoms with van der Waals surface area (Å²) in [5.41, 5.74) is 4.16. The second-order valence-corrected chi connectivity index (χ2v) is 5.21. The molecule has 104 valence electrons. The summed E-state index contributed by atoms with van der Waals surface area (Å²) in [7, 11) is 1.44. The van der Waals surface area contributed by atoms with Crippen LogP contribution in [-0.2, 0) is 18.0 Å². The van der Waals surface area contributed by atoms with E-state index in [2.05, 4.69) is 6.07 Å². The molecule has 0 aliphatic carbocycles. The first-order valence-corrected chi connectivity index (χ1v) is 6.79. The van der Waals surface area contributed by atoms with Crippen molar-refractivity contribution in [3.8, 4) is 5.75 Å². The number of fused-ring (bicyclic) bond motifs is 1. The molecule has 20 heavy (non-hydrogen) atoms. The molecule has 0 N–H and O–H groups in total. The topological polar surface area (TPSA) is 18.5 Å². The van der Waals surface area contributed by atoms with Gasteiger partial charge in [-0.15, -0.1) is 11.6 Å². The third kappa shape index (κ3) is 2.39. The van der Waals surface area contributed by atoms with Gasteiger partial charge < -0.3 is 9.47 Å². The first-order valence-electron chi connectivity index (χ1n) is 6.36. The zero-order valence-corrected chi connectivity index (χ0v) is 11.8. The van der Waals surface area contributed by atoms with Crippen LogP contribution in [0, 0.1) is 5.82 Å². The van der Waals surface area contributed by atoms with E-state index in [9.17, 15) is 4.39 Å². The van der Waals surface area contributed by atoms with Crippen LogP contribution in [0.4, 0.5) is 4.39 Å². The number of alkyl halides is 1. The summed E-state index contributed by atoms with van der Waals surface area (Å²) in [4.78, 5) is 0. The van der Waals surface area contributed by atoms with Gasteiger partial charge in [-0.25, -0.2) is 4.39 Å². The lowest BCUT2D eigenvalue weighted by Crippen LogP contribution is -1.97. The van der Waals surface area contributed by atoms with Gasteiger partial charge in [0, 0.05) is 0 Å². The number of halogens is 2. The molecule has 4 heteroatoms. The molecular formula is C16H14ClFO2. The Morgan fingerprint density at radius 1 is 1.10 bits per heavy atom. The summed E-state index contributed by atoms with van der Waals surface area (Å²) in [5.74, 6) is -0.180. The van der Waals surface area contributed by atoms with Gasteiger partial charge in [-0.1, -0.05) is 24.3 Å². The lowest BCUT2D eigenvalue weighted by Gasteiger charge is -2.13. The minimum absolute atomic E-state index is 0.206. The molecule has 0 amide bonds. The van der Waals surface area contributed by atoms with Gasteiger partial charge in [-0.3, -0.25) is 0 Å². The normalized spacial score (nSPS) is 14.9. The monoisotopic (exact) mass is 292 g/mol. The third-order valence-corrected chi connectivity index (χ3v) is 4.01. The molecular weight excluding hydrogens is 279 g/mol. The van der Waals surface area contributed by atoms with Gasteiger partial charge in [0.2, 0.25) is 0 Å². The minimum Gasteiger partial charge on any atom is -0.494 e. The van der Waals surface area contributed by atoms with E-state index >= 15 is 0 Å². The van der Waals surface area contributed by atoms with E-state index in [1.165, 1.54) is 24.3 Å². The predicted molar refractivity (Wildman–Crippen MR) is 75.6 cm³/mol. The number of hydrogen-bond acceptors (Lipinski definition) is 2. The van der Waals surface area contributed by atoms with E-state index in [-0.39, 0.29) is 16.9 Å². The van der Waals surface area contributed by atoms with Crippen molar-refractivity contribution in [2.45, 2.75) is 18.6 Å². The summed E-state index contributed by atoms with van der Waals surface area (Å²) in [6.45, 7) is 1.28. The molecule has 2 nitrogen and oxygen atoms in total. The largest absolute Gasteiger partial charge is 0.494 e. The molecule has 1 heterocycles. The van der Waals surface area contributed by atoms with Crippen molar-refractivity contribution in [2.24, 2.45) is 0 Å². The number of rotatable bonds is 3. The van der Waals surface area contributed by atoms with Gasteiger partial charge in [0.1, 0.15) is 0 Å². The van der Waals surface area contributed by atoms with Crippen molar-refractivity contribution >= 4 is 11.6 Å². The lowest BCUT2D eigenvalue weighted by atomic mass is 10.00. The third-order valence-electron chi connectivity index (χ3n) is 3.51. The van der Waals surface area contributed by atoms with Crippen LogP contribution in [0.2, 0.25) is 0 Å². The van der Waals surface area contributed by atoms with Crippen LogP contribution in [0.15, 0.2) is 36.4 Å². The maximum atomic E-state index is 13.4. The molecule has 0 aromatic heterocycles. The van der Waals surface area contributed by atoms with Gasteiger partial charge in [0.15, 0.2) is 11.6 Å². The predicted octanol–water partition coefficient (Wildman–Crippen LogP) is 4.19. The lowest BCUT2D eigenvalue weighted by molar-refractivity contribution is 0.134. The maximum absolute atomic E-state index is 13.4. The molecule has 0 spiro atoms. The first kappa shape index (κ1) is 13.4. The van der Waals surface area contributed by atoms with Crippen LogP contribution in [-0.4, -0.2) is 7.11 Å². The second kappa shape index (κ2) is 5.43. The second-order valence-electron chi connectivity index (χ2n) is 4.78. The summed E-state index contributed by atoms with van der Waals surface area (Å²) >= 11 is 6.50. The van der Waals surface area contributed by atoms with Gasteiger partial charge in [-0.05, 0) is 34.4 Å². The summed E-state index contributed by atoms with van der Waals surface area (Å²) < 4.78 is 23.8. The van der Waals surface area contributed by atoms with Crippen LogP contribution in [0.1, 0.15) is 27.6 Å². The van der Waals surface area contributed by atoms with E-state index < -0.39 is 0 Å². The average Bonchev–Trinajstić information content (AvgIpc) is 2.94. The highest BCUT2D eigenvalue weighted by molar-refractivity contribution is 6.22. The summed E-state index contributed by atoms with van der Waals surface area (Å²) in [5, 5.41) is -0.338. The molecule has 1 aliphatic rings. The van der Waals surface area contributed by atoms with Crippen LogP contribution in [0.25, 0.3) is 0 Å². The fourth-order valence-electron chi connectivity index (χ4n) is 2.38. The van der Waals surface area contributed by atoms with Crippen LogP contribution < -0.4 is 4.74 Å². The number of ether oxygens (including phenoxy) is 2. The van der Waals surface area contributed by atoms with Gasteiger partial charge >= 0.3 is 0 Å². The van der Waals surface area contributed by atoms with E-state index in [0.717, 1.165) is 11.1 Å². The molecule has 2 aromatic rings. The van der Waals surface area contributed by atoms with Gasteiger partial charge in [0.05, 0.1) is 25.7 Å². The molecule has 1 atom stereocenters. The Kier molecular flexibility index (Phi) is 3.64. The molecule has 1 unspecified atom stereocenters. The summed E-state index contributed by atoms with van der Waals surface area (Å²) in [6, 6.07) is 10.8. The van der Waals surface area contributed by atoms with Crippen LogP contribution in [0.3, 0.4) is 0 Å². The zero-order valence-electron chi connectivity index (χ0n) is 11.0. The maximum Gasteiger partial charge on any atom is 0.165 e. The fourth-order valence-corrected chi connectivity index (χ4v) is 2.65. The fraction of sp³-hybridized carbons (Fsp3) is 0.250. The van der Waals surface area contributed by atoms with Crippen molar-refractivity contribution in [1.82, 2.24) is 0 Å². The Morgan fingerprint density at radius 2 is 1.80 bits per heavy atom. The SMILES string of the molecule is COc1cc(C(Cl)c2ccc3c(c2)COC3)ccc1F.